The number of hydrogen-bond acceptors (Lipinski definition) is 4. The van der Waals surface area contributed by atoms with Gasteiger partial charge >= 0.3 is 6.09 Å². The lowest BCUT2D eigenvalue weighted by atomic mass is 9.47. The van der Waals surface area contributed by atoms with Crippen LogP contribution in [0.15, 0.2) is 11.6 Å². The summed E-state index contributed by atoms with van der Waals surface area (Å²) in [5.74, 6) is 3.88. The Morgan fingerprint density at radius 1 is 1.08 bits per heavy atom. The molecule has 0 spiro atoms. The number of ether oxygens (including phenoxy) is 1. The molecule has 1 aliphatic heterocycles. The molecular formula is C33H52N2O4. The highest BCUT2D eigenvalue weighted by Gasteiger charge is 2.59. The molecule has 1 heterocycles. The molecule has 6 heteroatoms. The van der Waals surface area contributed by atoms with Crippen LogP contribution in [-0.4, -0.2) is 64.8 Å². The van der Waals surface area contributed by atoms with E-state index in [2.05, 4.69) is 33.8 Å². The van der Waals surface area contributed by atoms with Crippen molar-refractivity contribution in [1.82, 2.24) is 9.80 Å². The van der Waals surface area contributed by atoms with E-state index < -0.39 is 0 Å². The van der Waals surface area contributed by atoms with E-state index in [9.17, 15) is 14.7 Å². The monoisotopic (exact) mass is 540 g/mol. The molecule has 4 saturated carbocycles. The number of carbonyl (C=O) groups excluding carboxylic acids is 2. The fourth-order valence-corrected chi connectivity index (χ4v) is 10.2. The van der Waals surface area contributed by atoms with Crippen LogP contribution in [0.5, 0.6) is 0 Å². The van der Waals surface area contributed by atoms with Crippen molar-refractivity contribution in [2.24, 2.45) is 40.4 Å². The van der Waals surface area contributed by atoms with Crippen molar-refractivity contribution < 1.29 is 19.4 Å². The zero-order valence-electron chi connectivity index (χ0n) is 24.9. The largest absolute Gasteiger partial charge is 0.446 e. The van der Waals surface area contributed by atoms with E-state index >= 15 is 0 Å². The summed E-state index contributed by atoms with van der Waals surface area (Å²) < 4.78 is 5.47. The Labute approximate surface area is 235 Å². The summed E-state index contributed by atoms with van der Waals surface area (Å²) in [5, 5.41) is 10.3. The molecule has 0 unspecified atom stereocenters. The molecule has 0 aromatic carbocycles. The van der Waals surface area contributed by atoms with Crippen molar-refractivity contribution in [3.8, 4) is 0 Å². The van der Waals surface area contributed by atoms with Crippen LogP contribution < -0.4 is 0 Å². The molecule has 5 fully saturated rings. The van der Waals surface area contributed by atoms with E-state index in [0.717, 1.165) is 56.3 Å². The van der Waals surface area contributed by atoms with Crippen molar-refractivity contribution in [3.63, 3.8) is 0 Å². The lowest BCUT2D eigenvalue weighted by molar-refractivity contribution is -0.136. The average Bonchev–Trinajstić information content (AvgIpc) is 3.65. The van der Waals surface area contributed by atoms with Crippen LogP contribution in [-0.2, 0) is 9.53 Å². The zero-order valence-corrected chi connectivity index (χ0v) is 24.9. The van der Waals surface area contributed by atoms with Gasteiger partial charge in [0.15, 0.2) is 0 Å². The minimum atomic E-state index is -0.205. The summed E-state index contributed by atoms with van der Waals surface area (Å²) in [5.41, 5.74) is 2.25. The first-order chi connectivity index (χ1) is 18.6. The Bertz CT molecular complexity index is 992. The minimum absolute atomic E-state index is 0.0449. The standard InChI is InChI=1S/C33H52N2O4/c1-21(5-12-30(37)35-18-17-34(20-22(35)2)31(38)39-25-7-8-25)27-10-11-28-26-9-6-23-19-24(36)13-15-32(23,3)29(26)14-16-33(27,28)4/h6,21-22,24-29,36H,5,7-20H2,1-4H3/t21-,22+,24+,26+,27-,28+,29+,32+,33-/m1/s1. The van der Waals surface area contributed by atoms with Crippen LogP contribution in [0.3, 0.4) is 0 Å². The van der Waals surface area contributed by atoms with Crippen LogP contribution in [0.4, 0.5) is 4.79 Å². The Balaban J connectivity index is 1.04. The zero-order chi connectivity index (χ0) is 27.5. The molecular weight excluding hydrogens is 488 g/mol. The van der Waals surface area contributed by atoms with Gasteiger partial charge in [0, 0.05) is 32.1 Å². The third-order valence-corrected chi connectivity index (χ3v) is 12.6. The van der Waals surface area contributed by atoms with Crippen LogP contribution in [0.2, 0.25) is 0 Å². The van der Waals surface area contributed by atoms with Gasteiger partial charge in [-0.25, -0.2) is 4.79 Å². The molecule has 9 atom stereocenters. The lowest BCUT2D eigenvalue weighted by Crippen LogP contribution is -2.55. The molecule has 6 nitrogen and oxygen atoms in total. The molecule has 0 aromatic heterocycles. The van der Waals surface area contributed by atoms with E-state index in [1.54, 1.807) is 10.5 Å². The Morgan fingerprint density at radius 3 is 2.62 bits per heavy atom. The number of nitrogens with zero attached hydrogens (tertiary/aromatic N) is 2. The highest BCUT2D eigenvalue weighted by atomic mass is 16.6. The number of fused-ring (bicyclic) bond motifs is 5. The van der Waals surface area contributed by atoms with E-state index in [1.807, 2.05) is 4.90 Å². The molecule has 1 N–H and O–H groups in total. The molecule has 1 saturated heterocycles. The Hall–Kier alpha value is -1.56. The number of carbonyl (C=O) groups is 2. The maximum absolute atomic E-state index is 13.3. The summed E-state index contributed by atoms with van der Waals surface area (Å²) in [4.78, 5) is 29.4. The van der Waals surface area contributed by atoms with Gasteiger partial charge in [-0.05, 0) is 118 Å². The quantitative estimate of drug-likeness (QED) is 0.423. The summed E-state index contributed by atoms with van der Waals surface area (Å²) in [6.45, 7) is 11.4. The van der Waals surface area contributed by atoms with Gasteiger partial charge in [-0.2, -0.15) is 0 Å². The van der Waals surface area contributed by atoms with Gasteiger partial charge in [0.1, 0.15) is 6.10 Å². The predicted octanol–water partition coefficient (Wildman–Crippen LogP) is 6.17. The maximum Gasteiger partial charge on any atom is 0.410 e. The third-order valence-electron chi connectivity index (χ3n) is 12.6. The number of hydrogen-bond donors (Lipinski definition) is 1. The van der Waals surface area contributed by atoms with Crippen molar-refractivity contribution >= 4 is 12.0 Å². The number of aliphatic hydroxyl groups is 1. The van der Waals surface area contributed by atoms with Crippen LogP contribution in [0.25, 0.3) is 0 Å². The van der Waals surface area contributed by atoms with E-state index in [4.69, 9.17) is 4.74 Å². The second kappa shape index (κ2) is 10.4. The molecule has 6 rings (SSSR count). The maximum atomic E-state index is 13.3. The molecule has 0 aromatic rings. The normalized spacial score (nSPS) is 42.6. The summed E-state index contributed by atoms with van der Waals surface area (Å²) in [6, 6.07) is 0.0449. The van der Waals surface area contributed by atoms with Crippen LogP contribution in [0.1, 0.15) is 105 Å². The first-order valence-corrected chi connectivity index (χ1v) is 16.2. The first-order valence-electron chi connectivity index (χ1n) is 16.2. The van der Waals surface area contributed by atoms with Gasteiger partial charge in [-0.3, -0.25) is 4.79 Å². The van der Waals surface area contributed by atoms with Crippen molar-refractivity contribution in [2.75, 3.05) is 19.6 Å². The van der Waals surface area contributed by atoms with E-state index in [1.165, 1.54) is 32.1 Å². The second-order valence-electron chi connectivity index (χ2n) is 14.9. The molecule has 39 heavy (non-hydrogen) atoms. The van der Waals surface area contributed by atoms with Gasteiger partial charge in [-0.1, -0.05) is 32.4 Å². The highest BCUT2D eigenvalue weighted by molar-refractivity contribution is 5.77. The predicted molar refractivity (Wildman–Crippen MR) is 152 cm³/mol. The van der Waals surface area contributed by atoms with Crippen LogP contribution in [0, 0.1) is 40.4 Å². The van der Waals surface area contributed by atoms with Gasteiger partial charge in [0.2, 0.25) is 5.91 Å². The Morgan fingerprint density at radius 2 is 1.87 bits per heavy atom. The SMILES string of the molecule is C[C@H](CCC(=O)N1CCN(C(=O)OC2CC2)C[C@@H]1C)[C@H]1CC[C@H]2[C@@H]3CC=C4C[C@@H](O)CC[C@]4(C)[C@H]3CC[C@]12C. The van der Waals surface area contributed by atoms with Gasteiger partial charge < -0.3 is 19.6 Å². The fraction of sp³-hybridized carbons (Fsp3) is 0.879. The lowest BCUT2D eigenvalue weighted by Gasteiger charge is -2.58. The molecule has 2 amide bonds. The van der Waals surface area contributed by atoms with Crippen molar-refractivity contribution in [1.29, 1.82) is 0 Å². The molecule has 0 radical (unpaired) electrons. The molecule has 218 valence electrons. The van der Waals surface area contributed by atoms with Gasteiger partial charge in [0.05, 0.1) is 6.10 Å². The number of allylic oxidation sites excluding steroid dienone is 1. The minimum Gasteiger partial charge on any atom is -0.446 e. The number of piperazine rings is 1. The van der Waals surface area contributed by atoms with Gasteiger partial charge in [0.25, 0.3) is 0 Å². The highest BCUT2D eigenvalue weighted by Crippen LogP contribution is 2.67. The number of amides is 2. The van der Waals surface area contributed by atoms with E-state index in [-0.39, 0.29) is 30.3 Å². The fourth-order valence-electron chi connectivity index (χ4n) is 10.2. The molecule has 6 aliphatic rings. The van der Waals surface area contributed by atoms with Crippen molar-refractivity contribution in [2.45, 2.75) is 123 Å². The molecule has 5 aliphatic carbocycles. The summed E-state index contributed by atoms with van der Waals surface area (Å²) in [7, 11) is 0. The summed E-state index contributed by atoms with van der Waals surface area (Å²) >= 11 is 0. The topological polar surface area (TPSA) is 70.1 Å². The van der Waals surface area contributed by atoms with E-state index in [0.29, 0.717) is 48.7 Å². The number of aliphatic hydroxyl groups excluding tert-OH is 1. The average molecular weight is 541 g/mol. The summed E-state index contributed by atoms with van der Waals surface area (Å²) in [6.07, 6.45) is 15.4. The van der Waals surface area contributed by atoms with Crippen molar-refractivity contribution in [3.05, 3.63) is 11.6 Å². The van der Waals surface area contributed by atoms with Crippen LogP contribution >= 0.6 is 0 Å². The number of rotatable bonds is 5. The molecule has 0 bridgehead atoms. The first kappa shape index (κ1) is 27.6. The Kier molecular flexibility index (Phi) is 7.34. The van der Waals surface area contributed by atoms with Gasteiger partial charge in [-0.15, -0.1) is 0 Å². The third kappa shape index (κ3) is 4.95. The second-order valence-corrected chi connectivity index (χ2v) is 14.9. The smallest absolute Gasteiger partial charge is 0.410 e.